The van der Waals surface area contributed by atoms with Crippen LogP contribution < -0.4 is 0 Å². The van der Waals surface area contributed by atoms with Gasteiger partial charge in [0.1, 0.15) is 5.82 Å². The number of halogens is 1. The van der Waals surface area contributed by atoms with E-state index in [4.69, 9.17) is 0 Å². The van der Waals surface area contributed by atoms with E-state index in [0.29, 0.717) is 12.0 Å². The molecule has 20 heavy (non-hydrogen) atoms. The average Bonchev–Trinajstić information content (AvgIpc) is 2.80. The van der Waals surface area contributed by atoms with Crippen LogP contribution in [0.3, 0.4) is 0 Å². The Labute approximate surface area is 126 Å². The minimum absolute atomic E-state index is 0.0690. The predicted octanol–water partition coefficient (Wildman–Crippen LogP) is 4.93. The Hall–Kier alpha value is -1.26. The monoisotopic (exact) mass is 304 g/mol. The quantitative estimate of drug-likeness (QED) is 0.748. The summed E-state index contributed by atoms with van der Waals surface area (Å²) in [5.74, 6) is -0.242. The molecule has 0 bridgehead atoms. The summed E-state index contributed by atoms with van der Waals surface area (Å²) in [6, 6.07) is 12.1. The molecule has 0 amide bonds. The van der Waals surface area contributed by atoms with Gasteiger partial charge in [0.15, 0.2) is 5.78 Å². The van der Waals surface area contributed by atoms with Crippen LogP contribution in [-0.4, -0.2) is 10.4 Å². The summed E-state index contributed by atoms with van der Waals surface area (Å²) < 4.78 is 13.1. The number of Topliss-reactive ketones (excluding diaryl/α,β-unsaturated/α-hetero) is 1. The molecular formula is C16H13FOS2. The lowest BCUT2D eigenvalue weighted by Crippen LogP contribution is -2.05. The maximum absolute atomic E-state index is 12.9. The van der Waals surface area contributed by atoms with Crippen molar-refractivity contribution in [2.75, 3.05) is 0 Å². The molecule has 0 aliphatic carbocycles. The first-order chi connectivity index (χ1) is 9.61. The molecular weight excluding hydrogens is 291 g/mol. The zero-order chi connectivity index (χ0) is 14.1. The fourth-order valence-corrected chi connectivity index (χ4v) is 5.00. The molecule has 0 saturated carbocycles. The summed E-state index contributed by atoms with van der Waals surface area (Å²) in [6.07, 6.45) is 0.467. The van der Waals surface area contributed by atoms with Gasteiger partial charge in [0.25, 0.3) is 0 Å². The van der Waals surface area contributed by atoms with E-state index in [9.17, 15) is 9.18 Å². The van der Waals surface area contributed by atoms with Crippen LogP contribution in [0.4, 0.5) is 4.39 Å². The first-order valence-corrected chi connectivity index (χ1v) is 8.10. The lowest BCUT2D eigenvalue weighted by atomic mass is 10.1. The highest BCUT2D eigenvalue weighted by Crippen LogP contribution is 2.49. The standard InChI is InChI=1S/C16H13FOS2/c1-10-2-7-14-15(8-10)20-16(19-14)9-13(18)11-3-5-12(17)6-4-11/h2-8,16H,9H2,1H3/t16-/m1/s1. The van der Waals surface area contributed by atoms with Crippen molar-refractivity contribution in [3.05, 3.63) is 59.4 Å². The Bertz CT molecular complexity index is 652. The predicted molar refractivity (Wildman–Crippen MR) is 82.0 cm³/mol. The molecule has 3 rings (SSSR count). The van der Waals surface area contributed by atoms with Gasteiger partial charge in [-0.1, -0.05) is 6.07 Å². The molecule has 1 heterocycles. The maximum atomic E-state index is 12.9. The Kier molecular flexibility index (Phi) is 3.85. The third-order valence-corrected chi connectivity index (χ3v) is 5.90. The number of benzene rings is 2. The summed E-state index contributed by atoms with van der Waals surface area (Å²) >= 11 is 3.48. The van der Waals surface area contributed by atoms with Crippen molar-refractivity contribution < 1.29 is 9.18 Å². The molecule has 0 unspecified atom stereocenters. The minimum atomic E-state index is -0.311. The van der Waals surface area contributed by atoms with E-state index >= 15 is 0 Å². The molecule has 0 aromatic heterocycles. The van der Waals surface area contributed by atoms with E-state index < -0.39 is 0 Å². The van der Waals surface area contributed by atoms with Gasteiger partial charge in [0, 0.05) is 21.8 Å². The Morgan fingerprint density at radius 3 is 2.55 bits per heavy atom. The highest BCUT2D eigenvalue weighted by atomic mass is 32.2. The second-order valence-electron chi connectivity index (χ2n) is 4.75. The van der Waals surface area contributed by atoms with Crippen LogP contribution in [0.2, 0.25) is 0 Å². The Balaban J connectivity index is 1.68. The Morgan fingerprint density at radius 1 is 1.10 bits per heavy atom. The van der Waals surface area contributed by atoms with Gasteiger partial charge in [0.05, 0.1) is 4.58 Å². The normalized spacial score (nSPS) is 17.0. The van der Waals surface area contributed by atoms with E-state index in [2.05, 4.69) is 25.1 Å². The molecule has 0 saturated heterocycles. The van der Waals surface area contributed by atoms with Gasteiger partial charge in [-0.3, -0.25) is 4.79 Å². The summed E-state index contributed by atoms with van der Waals surface area (Å²) in [5.41, 5.74) is 1.82. The van der Waals surface area contributed by atoms with E-state index in [1.54, 1.807) is 35.7 Å². The lowest BCUT2D eigenvalue weighted by Gasteiger charge is -2.06. The molecule has 1 atom stereocenters. The van der Waals surface area contributed by atoms with Gasteiger partial charge in [0.2, 0.25) is 0 Å². The van der Waals surface area contributed by atoms with Crippen LogP contribution in [0.25, 0.3) is 0 Å². The summed E-state index contributed by atoms with van der Waals surface area (Å²) in [4.78, 5) is 14.7. The topological polar surface area (TPSA) is 17.1 Å². The van der Waals surface area contributed by atoms with Crippen LogP contribution in [-0.2, 0) is 0 Å². The minimum Gasteiger partial charge on any atom is -0.294 e. The van der Waals surface area contributed by atoms with Crippen molar-refractivity contribution in [1.82, 2.24) is 0 Å². The van der Waals surface area contributed by atoms with Gasteiger partial charge in [-0.05, 0) is 48.9 Å². The number of carbonyl (C=O) groups excluding carboxylic acids is 1. The number of aryl methyl sites for hydroxylation is 1. The van der Waals surface area contributed by atoms with Gasteiger partial charge < -0.3 is 0 Å². The van der Waals surface area contributed by atoms with Crippen molar-refractivity contribution in [1.29, 1.82) is 0 Å². The molecule has 0 N–H and O–H groups in total. The average molecular weight is 304 g/mol. The van der Waals surface area contributed by atoms with E-state index in [0.717, 1.165) is 0 Å². The van der Waals surface area contributed by atoms with Gasteiger partial charge in [-0.2, -0.15) is 0 Å². The summed E-state index contributed by atoms with van der Waals surface area (Å²) in [7, 11) is 0. The smallest absolute Gasteiger partial charge is 0.164 e. The zero-order valence-electron chi connectivity index (χ0n) is 10.9. The molecule has 1 aliphatic heterocycles. The number of ketones is 1. The number of hydrogen-bond acceptors (Lipinski definition) is 3. The fraction of sp³-hybridized carbons (Fsp3) is 0.188. The van der Waals surface area contributed by atoms with Crippen LogP contribution in [0.15, 0.2) is 52.3 Å². The van der Waals surface area contributed by atoms with Crippen LogP contribution in [0.5, 0.6) is 0 Å². The van der Waals surface area contributed by atoms with Crippen molar-refractivity contribution in [3.8, 4) is 0 Å². The largest absolute Gasteiger partial charge is 0.294 e. The second-order valence-corrected chi connectivity index (χ2v) is 7.54. The van der Waals surface area contributed by atoms with Crippen LogP contribution in [0.1, 0.15) is 22.3 Å². The van der Waals surface area contributed by atoms with Crippen LogP contribution >= 0.6 is 23.5 Å². The summed E-state index contributed by atoms with van der Waals surface area (Å²) in [5, 5.41) is 0. The molecule has 4 heteroatoms. The second kappa shape index (κ2) is 5.62. The first kappa shape index (κ1) is 13.7. The molecule has 0 fully saturated rings. The number of carbonyl (C=O) groups is 1. The SMILES string of the molecule is Cc1ccc2c(c1)S[C@H](CC(=O)c1ccc(F)cc1)S2. The lowest BCUT2D eigenvalue weighted by molar-refractivity contribution is 0.0987. The number of rotatable bonds is 3. The molecule has 1 aliphatic rings. The highest BCUT2D eigenvalue weighted by Gasteiger charge is 2.25. The first-order valence-electron chi connectivity index (χ1n) is 6.34. The molecule has 2 aromatic carbocycles. The van der Waals surface area contributed by atoms with Gasteiger partial charge in [-0.25, -0.2) is 4.39 Å². The van der Waals surface area contributed by atoms with Crippen molar-refractivity contribution in [3.63, 3.8) is 0 Å². The Morgan fingerprint density at radius 2 is 1.80 bits per heavy atom. The third-order valence-electron chi connectivity index (χ3n) is 3.13. The zero-order valence-corrected chi connectivity index (χ0v) is 12.6. The van der Waals surface area contributed by atoms with Gasteiger partial charge >= 0.3 is 0 Å². The number of hydrogen-bond donors (Lipinski definition) is 0. The van der Waals surface area contributed by atoms with Crippen molar-refractivity contribution in [2.24, 2.45) is 0 Å². The van der Waals surface area contributed by atoms with Gasteiger partial charge in [-0.15, -0.1) is 23.5 Å². The van der Waals surface area contributed by atoms with E-state index in [1.807, 2.05) is 0 Å². The molecule has 102 valence electrons. The fourth-order valence-electron chi connectivity index (χ4n) is 2.10. The molecule has 0 radical (unpaired) electrons. The van der Waals surface area contributed by atoms with E-state index in [1.165, 1.54) is 27.5 Å². The number of thioether (sulfide) groups is 2. The molecule has 2 aromatic rings. The van der Waals surface area contributed by atoms with Crippen LogP contribution in [0, 0.1) is 12.7 Å². The molecule has 1 nitrogen and oxygen atoms in total. The summed E-state index contributed by atoms with van der Waals surface area (Å²) in [6.45, 7) is 2.07. The highest BCUT2D eigenvalue weighted by molar-refractivity contribution is 8.19. The van der Waals surface area contributed by atoms with E-state index in [-0.39, 0.29) is 16.2 Å². The maximum Gasteiger partial charge on any atom is 0.164 e. The number of fused-ring (bicyclic) bond motifs is 1. The van der Waals surface area contributed by atoms with Crippen molar-refractivity contribution in [2.45, 2.75) is 27.7 Å². The van der Waals surface area contributed by atoms with Crippen molar-refractivity contribution >= 4 is 29.3 Å². The molecule has 0 spiro atoms. The third kappa shape index (κ3) is 2.91.